The van der Waals surface area contributed by atoms with Gasteiger partial charge in [0.15, 0.2) is 5.82 Å². The second-order valence-corrected chi connectivity index (χ2v) is 7.52. The topological polar surface area (TPSA) is 76.9 Å². The van der Waals surface area contributed by atoms with Crippen molar-refractivity contribution in [2.45, 2.75) is 6.92 Å². The maximum absolute atomic E-state index is 12.7. The molecule has 0 aliphatic rings. The van der Waals surface area contributed by atoms with Crippen molar-refractivity contribution in [1.82, 2.24) is 14.5 Å². The summed E-state index contributed by atoms with van der Waals surface area (Å²) in [6, 6.07) is 16.6. The molecule has 0 saturated heterocycles. The van der Waals surface area contributed by atoms with Gasteiger partial charge in [0, 0.05) is 36.3 Å². The Labute approximate surface area is 171 Å². The quantitative estimate of drug-likeness (QED) is 0.504. The third-order valence-electron chi connectivity index (χ3n) is 4.45. The Bertz CT molecular complexity index is 1180. The minimum atomic E-state index is -0.217. The molecule has 0 spiro atoms. The molecule has 4 aromatic rings. The average Bonchev–Trinajstić information content (AvgIpc) is 3.34. The van der Waals surface area contributed by atoms with Gasteiger partial charge >= 0.3 is 0 Å². The van der Waals surface area contributed by atoms with Crippen LogP contribution in [-0.4, -0.2) is 26.2 Å². The van der Waals surface area contributed by atoms with Crippen LogP contribution in [0.2, 0.25) is 0 Å². The highest BCUT2D eigenvalue weighted by Crippen LogP contribution is 2.28. The van der Waals surface area contributed by atoms with Gasteiger partial charge in [-0.2, -0.15) is 0 Å². The summed E-state index contributed by atoms with van der Waals surface area (Å²) in [7, 11) is 1.77. The first-order valence-electron chi connectivity index (χ1n) is 8.99. The number of anilines is 1. The maximum atomic E-state index is 12.7. The molecule has 1 amide bonds. The van der Waals surface area contributed by atoms with Crippen LogP contribution in [-0.2, 0) is 7.05 Å². The van der Waals surface area contributed by atoms with E-state index in [0.29, 0.717) is 27.6 Å². The number of carbonyl (C=O) groups excluding carboxylic acids is 2. The van der Waals surface area contributed by atoms with Crippen molar-refractivity contribution >= 4 is 28.7 Å². The second-order valence-electron chi connectivity index (χ2n) is 6.52. The van der Waals surface area contributed by atoms with Crippen molar-refractivity contribution in [3.63, 3.8) is 0 Å². The molecule has 2 aromatic carbocycles. The lowest BCUT2D eigenvalue weighted by Gasteiger charge is -2.06. The molecule has 144 valence electrons. The highest BCUT2D eigenvalue weighted by molar-refractivity contribution is 7.17. The zero-order valence-corrected chi connectivity index (χ0v) is 16.7. The molecule has 0 aliphatic carbocycles. The number of thiazole rings is 1. The molecule has 29 heavy (non-hydrogen) atoms. The Morgan fingerprint density at radius 2 is 1.76 bits per heavy atom. The van der Waals surface area contributed by atoms with Crippen molar-refractivity contribution in [2.24, 2.45) is 7.05 Å². The van der Waals surface area contributed by atoms with Crippen LogP contribution in [0, 0.1) is 6.92 Å². The van der Waals surface area contributed by atoms with Crippen LogP contribution in [0.15, 0.2) is 67.0 Å². The van der Waals surface area contributed by atoms with Gasteiger partial charge in [-0.05, 0) is 31.2 Å². The number of benzene rings is 2. The predicted octanol–water partition coefficient (Wildman–Crippen LogP) is 4.34. The summed E-state index contributed by atoms with van der Waals surface area (Å²) >= 11 is 1.36. The summed E-state index contributed by atoms with van der Waals surface area (Å²) < 4.78 is 1.68. The fourth-order valence-corrected chi connectivity index (χ4v) is 3.88. The molecule has 0 bridgehead atoms. The van der Waals surface area contributed by atoms with Crippen molar-refractivity contribution in [2.75, 3.05) is 5.32 Å². The molecule has 0 saturated carbocycles. The molecule has 0 unspecified atom stereocenters. The van der Waals surface area contributed by atoms with Gasteiger partial charge in [-0.15, -0.1) is 11.3 Å². The lowest BCUT2D eigenvalue weighted by atomic mass is 10.1. The number of nitrogens with zero attached hydrogens (tertiary/aromatic N) is 3. The van der Waals surface area contributed by atoms with Crippen LogP contribution in [0.1, 0.15) is 31.5 Å². The monoisotopic (exact) mass is 402 g/mol. The van der Waals surface area contributed by atoms with Crippen molar-refractivity contribution < 1.29 is 9.59 Å². The number of nitrogens with one attached hydrogen (secondary N) is 1. The van der Waals surface area contributed by atoms with Crippen LogP contribution in [0.3, 0.4) is 0 Å². The molecule has 6 nitrogen and oxygen atoms in total. The van der Waals surface area contributed by atoms with Crippen molar-refractivity contribution in [3.05, 3.63) is 88.9 Å². The SMILES string of the molecule is Cc1nc(-c2ccccc2)sc1C(=O)Nc1ccc(C(=O)c2nccn2C)cc1. The van der Waals surface area contributed by atoms with Crippen LogP contribution in [0.5, 0.6) is 0 Å². The third kappa shape index (κ3) is 3.86. The number of ketones is 1. The van der Waals surface area contributed by atoms with Crippen molar-refractivity contribution in [1.29, 1.82) is 0 Å². The highest BCUT2D eigenvalue weighted by Gasteiger charge is 2.17. The Balaban J connectivity index is 1.50. The van der Waals surface area contributed by atoms with Gasteiger partial charge < -0.3 is 9.88 Å². The van der Waals surface area contributed by atoms with Crippen LogP contribution >= 0.6 is 11.3 Å². The summed E-state index contributed by atoms with van der Waals surface area (Å²) in [6.45, 7) is 1.83. The third-order valence-corrected chi connectivity index (χ3v) is 5.66. The largest absolute Gasteiger partial charge is 0.331 e. The van der Waals surface area contributed by atoms with E-state index in [9.17, 15) is 9.59 Å². The predicted molar refractivity (Wildman–Crippen MR) is 113 cm³/mol. The average molecular weight is 402 g/mol. The second kappa shape index (κ2) is 7.81. The van der Waals surface area contributed by atoms with Crippen LogP contribution in [0.4, 0.5) is 5.69 Å². The van der Waals surface area contributed by atoms with Gasteiger partial charge in [0.1, 0.15) is 9.88 Å². The highest BCUT2D eigenvalue weighted by atomic mass is 32.1. The van der Waals surface area contributed by atoms with E-state index >= 15 is 0 Å². The number of aryl methyl sites for hydroxylation is 2. The van der Waals surface area contributed by atoms with Gasteiger partial charge in [-0.3, -0.25) is 9.59 Å². The molecule has 0 radical (unpaired) electrons. The summed E-state index contributed by atoms with van der Waals surface area (Å²) in [6.07, 6.45) is 3.31. The molecular formula is C22H18N4O2S. The number of amides is 1. The minimum Gasteiger partial charge on any atom is -0.331 e. The van der Waals surface area contributed by atoms with Gasteiger partial charge in [0.2, 0.25) is 5.78 Å². The van der Waals surface area contributed by atoms with Gasteiger partial charge in [-0.25, -0.2) is 9.97 Å². The zero-order chi connectivity index (χ0) is 20.4. The van der Waals surface area contributed by atoms with E-state index < -0.39 is 0 Å². The van der Waals surface area contributed by atoms with E-state index in [-0.39, 0.29) is 11.7 Å². The number of hydrogen-bond acceptors (Lipinski definition) is 5. The summed E-state index contributed by atoms with van der Waals surface area (Å²) in [5.41, 5.74) is 2.79. The molecule has 1 N–H and O–H groups in total. The van der Waals surface area contributed by atoms with E-state index in [1.165, 1.54) is 11.3 Å². The number of carbonyl (C=O) groups is 2. The van der Waals surface area contributed by atoms with E-state index in [1.807, 2.05) is 37.3 Å². The molecule has 0 aliphatic heterocycles. The first-order valence-corrected chi connectivity index (χ1v) is 9.81. The zero-order valence-electron chi connectivity index (χ0n) is 15.9. The Kier molecular flexibility index (Phi) is 5.05. The van der Waals surface area contributed by atoms with Crippen LogP contribution < -0.4 is 5.32 Å². The summed E-state index contributed by atoms with van der Waals surface area (Å²) in [4.78, 5) is 34.4. The fourth-order valence-electron chi connectivity index (χ4n) is 2.92. The standard InChI is InChI=1S/C22H18N4O2S/c1-14-19(29-22(24-14)16-6-4-3-5-7-16)21(28)25-17-10-8-15(9-11-17)18(27)20-23-12-13-26(20)2/h3-13H,1-2H3,(H,25,28). The lowest BCUT2D eigenvalue weighted by molar-refractivity contribution is 0.102. The summed E-state index contributed by atoms with van der Waals surface area (Å²) in [5.74, 6) is -0.0120. The number of imidazole rings is 1. The smallest absolute Gasteiger partial charge is 0.267 e. The molecule has 0 fully saturated rings. The molecular weight excluding hydrogens is 384 g/mol. The molecule has 0 atom stereocenters. The summed E-state index contributed by atoms with van der Waals surface area (Å²) in [5, 5.41) is 3.68. The van der Waals surface area contributed by atoms with Gasteiger partial charge in [0.05, 0.1) is 5.69 Å². The normalized spacial score (nSPS) is 10.7. The van der Waals surface area contributed by atoms with E-state index in [4.69, 9.17) is 0 Å². The Morgan fingerprint density at radius 1 is 1.03 bits per heavy atom. The fraction of sp³-hybridized carbons (Fsp3) is 0.0909. The van der Waals surface area contributed by atoms with E-state index in [0.717, 1.165) is 10.6 Å². The van der Waals surface area contributed by atoms with E-state index in [2.05, 4.69) is 15.3 Å². The lowest BCUT2D eigenvalue weighted by Crippen LogP contribution is -2.12. The van der Waals surface area contributed by atoms with Crippen LogP contribution in [0.25, 0.3) is 10.6 Å². The Morgan fingerprint density at radius 3 is 2.41 bits per heavy atom. The molecule has 7 heteroatoms. The van der Waals surface area contributed by atoms with Crippen molar-refractivity contribution in [3.8, 4) is 10.6 Å². The number of hydrogen-bond donors (Lipinski definition) is 1. The first kappa shape index (κ1) is 18.8. The Hall–Kier alpha value is -3.58. The van der Waals surface area contributed by atoms with Gasteiger partial charge in [-0.1, -0.05) is 30.3 Å². The molecule has 4 rings (SSSR count). The molecule has 2 heterocycles. The molecule has 2 aromatic heterocycles. The minimum absolute atomic E-state index is 0.166. The van der Waals surface area contributed by atoms with E-state index in [1.54, 1.807) is 48.3 Å². The maximum Gasteiger partial charge on any atom is 0.267 e. The first-order chi connectivity index (χ1) is 14.0. The number of rotatable bonds is 5. The van der Waals surface area contributed by atoms with Gasteiger partial charge in [0.25, 0.3) is 5.91 Å². The number of aromatic nitrogens is 3.